The normalized spacial score (nSPS) is 10.1. The van der Waals surface area contributed by atoms with Crippen molar-refractivity contribution in [1.82, 2.24) is 4.98 Å². The van der Waals surface area contributed by atoms with E-state index in [2.05, 4.69) is 4.98 Å². The van der Waals surface area contributed by atoms with Gasteiger partial charge in [0, 0.05) is 11.8 Å². The highest BCUT2D eigenvalue weighted by Crippen LogP contribution is 2.13. The minimum absolute atomic E-state index is 0.682. The van der Waals surface area contributed by atoms with Gasteiger partial charge in [0.15, 0.2) is 0 Å². The third kappa shape index (κ3) is 3.98. The standard InChI is InChI=1S/C10H16N2OS/c1-13-10-5-2-4-9(12-10)8-14-7-3-6-11/h2,4-5H,3,6-8,11H2,1H3. The number of pyridine rings is 1. The van der Waals surface area contributed by atoms with Gasteiger partial charge in [0.05, 0.1) is 12.8 Å². The first kappa shape index (κ1) is 11.3. The highest BCUT2D eigenvalue weighted by Gasteiger charge is 1.97. The second kappa shape index (κ2) is 6.68. The molecule has 0 atom stereocenters. The lowest BCUT2D eigenvalue weighted by Crippen LogP contribution is -1.99. The van der Waals surface area contributed by atoms with E-state index in [0.29, 0.717) is 5.88 Å². The molecular formula is C10H16N2OS. The van der Waals surface area contributed by atoms with Crippen molar-refractivity contribution < 1.29 is 4.74 Å². The SMILES string of the molecule is COc1cccc(CSCCCN)n1. The van der Waals surface area contributed by atoms with Crippen LogP contribution in [0, 0.1) is 0 Å². The van der Waals surface area contributed by atoms with E-state index in [9.17, 15) is 0 Å². The van der Waals surface area contributed by atoms with E-state index < -0.39 is 0 Å². The Bertz CT molecular complexity index is 268. The Morgan fingerprint density at radius 2 is 2.36 bits per heavy atom. The molecule has 1 rings (SSSR count). The molecule has 1 aromatic heterocycles. The number of ether oxygens (including phenoxy) is 1. The van der Waals surface area contributed by atoms with E-state index >= 15 is 0 Å². The third-order valence-electron chi connectivity index (χ3n) is 1.73. The molecule has 0 saturated carbocycles. The topological polar surface area (TPSA) is 48.1 Å². The predicted octanol–water partition coefficient (Wildman–Crippen LogP) is 1.67. The van der Waals surface area contributed by atoms with Crippen LogP contribution < -0.4 is 10.5 Å². The Labute approximate surface area is 89.1 Å². The van der Waals surface area contributed by atoms with Gasteiger partial charge in [-0.15, -0.1) is 0 Å². The molecule has 0 aliphatic rings. The van der Waals surface area contributed by atoms with Crippen molar-refractivity contribution in [2.24, 2.45) is 5.73 Å². The van der Waals surface area contributed by atoms with Crippen molar-refractivity contribution in [1.29, 1.82) is 0 Å². The lowest BCUT2D eigenvalue weighted by Gasteiger charge is -2.02. The molecule has 0 aliphatic carbocycles. The minimum Gasteiger partial charge on any atom is -0.481 e. The summed E-state index contributed by atoms with van der Waals surface area (Å²) in [5, 5.41) is 0. The van der Waals surface area contributed by atoms with Crippen LogP contribution in [0.25, 0.3) is 0 Å². The Hall–Kier alpha value is -0.740. The van der Waals surface area contributed by atoms with E-state index in [4.69, 9.17) is 10.5 Å². The lowest BCUT2D eigenvalue weighted by atomic mass is 10.4. The van der Waals surface area contributed by atoms with Crippen LogP contribution in [0.5, 0.6) is 5.88 Å². The highest BCUT2D eigenvalue weighted by molar-refractivity contribution is 7.98. The average Bonchev–Trinajstić information content (AvgIpc) is 2.25. The molecule has 0 radical (unpaired) electrons. The van der Waals surface area contributed by atoms with E-state index in [1.54, 1.807) is 7.11 Å². The molecular weight excluding hydrogens is 196 g/mol. The average molecular weight is 212 g/mol. The smallest absolute Gasteiger partial charge is 0.213 e. The number of methoxy groups -OCH3 is 1. The minimum atomic E-state index is 0.682. The van der Waals surface area contributed by atoms with Gasteiger partial charge in [-0.25, -0.2) is 4.98 Å². The van der Waals surface area contributed by atoms with Gasteiger partial charge in [-0.05, 0) is 24.8 Å². The number of aromatic nitrogens is 1. The molecule has 0 unspecified atom stereocenters. The summed E-state index contributed by atoms with van der Waals surface area (Å²) in [5.41, 5.74) is 6.47. The molecule has 3 nitrogen and oxygen atoms in total. The zero-order chi connectivity index (χ0) is 10.2. The quantitative estimate of drug-likeness (QED) is 0.729. The van der Waals surface area contributed by atoms with Gasteiger partial charge >= 0.3 is 0 Å². The summed E-state index contributed by atoms with van der Waals surface area (Å²) in [4.78, 5) is 4.31. The van der Waals surface area contributed by atoms with Crippen LogP contribution in [0.4, 0.5) is 0 Å². The van der Waals surface area contributed by atoms with Gasteiger partial charge in [-0.2, -0.15) is 11.8 Å². The first-order valence-corrected chi connectivity index (χ1v) is 5.80. The fraction of sp³-hybridized carbons (Fsp3) is 0.500. The summed E-state index contributed by atoms with van der Waals surface area (Å²) in [6.07, 6.45) is 1.06. The Kier molecular flexibility index (Phi) is 5.40. The first-order valence-electron chi connectivity index (χ1n) is 4.64. The molecule has 0 bridgehead atoms. The van der Waals surface area contributed by atoms with E-state index in [0.717, 1.165) is 30.2 Å². The van der Waals surface area contributed by atoms with Crippen LogP contribution in [0.2, 0.25) is 0 Å². The molecule has 4 heteroatoms. The van der Waals surface area contributed by atoms with E-state index in [-0.39, 0.29) is 0 Å². The summed E-state index contributed by atoms with van der Waals surface area (Å²) in [6.45, 7) is 0.762. The number of hydrogen-bond acceptors (Lipinski definition) is 4. The summed E-state index contributed by atoms with van der Waals surface area (Å²) in [7, 11) is 1.63. The molecule has 0 aromatic carbocycles. The second-order valence-corrected chi connectivity index (χ2v) is 3.97. The molecule has 1 heterocycles. The molecule has 1 aromatic rings. The molecule has 2 N–H and O–H groups in total. The van der Waals surface area contributed by atoms with Crippen LogP contribution in [0.1, 0.15) is 12.1 Å². The maximum absolute atomic E-state index is 5.40. The highest BCUT2D eigenvalue weighted by atomic mass is 32.2. The fourth-order valence-corrected chi connectivity index (χ4v) is 1.90. The summed E-state index contributed by atoms with van der Waals surface area (Å²) >= 11 is 1.85. The fourth-order valence-electron chi connectivity index (χ4n) is 1.01. The summed E-state index contributed by atoms with van der Waals surface area (Å²) in [6, 6.07) is 5.83. The maximum atomic E-state index is 5.40. The molecule has 0 amide bonds. The van der Waals surface area contributed by atoms with E-state index in [1.807, 2.05) is 30.0 Å². The van der Waals surface area contributed by atoms with Crippen molar-refractivity contribution in [3.63, 3.8) is 0 Å². The summed E-state index contributed by atoms with van der Waals surface area (Å²) < 4.78 is 5.04. The van der Waals surface area contributed by atoms with Crippen LogP contribution in [0.3, 0.4) is 0 Å². The number of hydrogen-bond donors (Lipinski definition) is 1. The van der Waals surface area contributed by atoms with Gasteiger partial charge in [-0.3, -0.25) is 0 Å². The Balaban J connectivity index is 2.34. The Morgan fingerprint density at radius 1 is 1.50 bits per heavy atom. The molecule has 0 aliphatic heterocycles. The monoisotopic (exact) mass is 212 g/mol. The zero-order valence-electron chi connectivity index (χ0n) is 8.40. The van der Waals surface area contributed by atoms with Crippen LogP contribution in [-0.4, -0.2) is 24.4 Å². The van der Waals surface area contributed by atoms with Crippen LogP contribution >= 0.6 is 11.8 Å². The Morgan fingerprint density at radius 3 is 3.07 bits per heavy atom. The number of thioether (sulfide) groups is 1. The van der Waals surface area contributed by atoms with Gasteiger partial charge in [0.2, 0.25) is 5.88 Å². The van der Waals surface area contributed by atoms with Crippen LogP contribution in [0.15, 0.2) is 18.2 Å². The van der Waals surface area contributed by atoms with Crippen LogP contribution in [-0.2, 0) is 5.75 Å². The van der Waals surface area contributed by atoms with Gasteiger partial charge in [0.25, 0.3) is 0 Å². The first-order chi connectivity index (χ1) is 6.86. The largest absolute Gasteiger partial charge is 0.481 e. The van der Waals surface area contributed by atoms with Crippen molar-refractivity contribution in [2.45, 2.75) is 12.2 Å². The molecule has 0 spiro atoms. The third-order valence-corrected chi connectivity index (χ3v) is 2.81. The van der Waals surface area contributed by atoms with Gasteiger partial charge < -0.3 is 10.5 Å². The van der Waals surface area contributed by atoms with Crippen molar-refractivity contribution in [3.8, 4) is 5.88 Å². The molecule has 0 fully saturated rings. The van der Waals surface area contributed by atoms with E-state index in [1.165, 1.54) is 0 Å². The maximum Gasteiger partial charge on any atom is 0.213 e. The van der Waals surface area contributed by atoms with Crippen molar-refractivity contribution >= 4 is 11.8 Å². The predicted molar refractivity (Wildman–Crippen MR) is 60.6 cm³/mol. The molecule has 78 valence electrons. The van der Waals surface area contributed by atoms with Crippen molar-refractivity contribution in [3.05, 3.63) is 23.9 Å². The lowest BCUT2D eigenvalue weighted by molar-refractivity contribution is 0.397. The number of nitrogens with zero attached hydrogens (tertiary/aromatic N) is 1. The van der Waals surface area contributed by atoms with Gasteiger partial charge in [0.1, 0.15) is 0 Å². The number of rotatable bonds is 6. The number of nitrogens with two attached hydrogens (primary N) is 1. The molecule has 0 saturated heterocycles. The molecule has 14 heavy (non-hydrogen) atoms. The zero-order valence-corrected chi connectivity index (χ0v) is 9.22. The summed E-state index contributed by atoms with van der Waals surface area (Å²) in [5.74, 6) is 2.70. The second-order valence-electron chi connectivity index (χ2n) is 2.87. The van der Waals surface area contributed by atoms with Gasteiger partial charge in [-0.1, -0.05) is 6.07 Å². The van der Waals surface area contributed by atoms with Crippen molar-refractivity contribution in [2.75, 3.05) is 19.4 Å².